The van der Waals surface area contributed by atoms with Gasteiger partial charge in [-0.2, -0.15) is 0 Å². The first-order valence-corrected chi connectivity index (χ1v) is 5.85. The van der Waals surface area contributed by atoms with Gasteiger partial charge in [-0.3, -0.25) is 4.79 Å². The molecule has 19 heavy (non-hydrogen) atoms. The van der Waals surface area contributed by atoms with Crippen molar-refractivity contribution in [3.05, 3.63) is 42.5 Å². The fourth-order valence-electron chi connectivity index (χ4n) is 1.48. The molecule has 0 aliphatic heterocycles. The summed E-state index contributed by atoms with van der Waals surface area (Å²) < 4.78 is 5.28. The summed E-state index contributed by atoms with van der Waals surface area (Å²) in [7, 11) is 0. The fourth-order valence-corrected chi connectivity index (χ4v) is 1.48. The van der Waals surface area contributed by atoms with Crippen molar-refractivity contribution in [3.8, 4) is 5.75 Å². The van der Waals surface area contributed by atoms with Crippen molar-refractivity contribution >= 4 is 11.9 Å². The third-order valence-electron chi connectivity index (χ3n) is 2.40. The van der Waals surface area contributed by atoms with E-state index in [9.17, 15) is 9.59 Å². The largest absolute Gasteiger partial charge is 0.484 e. The van der Waals surface area contributed by atoms with Crippen molar-refractivity contribution in [2.24, 2.45) is 0 Å². The van der Waals surface area contributed by atoms with Crippen LogP contribution in [0.15, 0.2) is 36.9 Å². The van der Waals surface area contributed by atoms with Crippen LogP contribution in [0.2, 0.25) is 0 Å². The standard InChI is InChI=1S/C14H17NO4/c1-3-5-12(14(17)18)15-13(16)9-19-11-7-4-6-10(2)8-11/h3-4,6-8,12H,1,5,9H2,2H3,(H,15,16)(H,17,18). The summed E-state index contributed by atoms with van der Waals surface area (Å²) >= 11 is 0. The highest BCUT2D eigenvalue weighted by atomic mass is 16.5. The SMILES string of the molecule is C=CCC(NC(=O)COc1cccc(C)c1)C(=O)O. The van der Waals surface area contributed by atoms with Gasteiger partial charge in [-0.25, -0.2) is 4.79 Å². The van der Waals surface area contributed by atoms with Crippen molar-refractivity contribution in [2.75, 3.05) is 6.61 Å². The zero-order valence-corrected chi connectivity index (χ0v) is 10.8. The van der Waals surface area contributed by atoms with Gasteiger partial charge in [-0.1, -0.05) is 18.2 Å². The Morgan fingerprint density at radius 3 is 2.84 bits per heavy atom. The van der Waals surface area contributed by atoms with E-state index in [0.29, 0.717) is 5.75 Å². The van der Waals surface area contributed by atoms with Gasteiger partial charge in [0, 0.05) is 0 Å². The third-order valence-corrected chi connectivity index (χ3v) is 2.40. The van der Waals surface area contributed by atoms with E-state index in [-0.39, 0.29) is 13.0 Å². The molecule has 0 aliphatic carbocycles. The lowest BCUT2D eigenvalue weighted by atomic mass is 10.2. The Bertz CT molecular complexity index is 470. The Morgan fingerprint density at radius 2 is 2.26 bits per heavy atom. The molecule has 5 nitrogen and oxygen atoms in total. The summed E-state index contributed by atoms with van der Waals surface area (Å²) in [6.45, 7) is 5.14. The van der Waals surface area contributed by atoms with Crippen LogP contribution >= 0.6 is 0 Å². The molecule has 1 aromatic rings. The van der Waals surface area contributed by atoms with Gasteiger partial charge in [-0.05, 0) is 31.0 Å². The van der Waals surface area contributed by atoms with Gasteiger partial charge in [0.1, 0.15) is 11.8 Å². The highest BCUT2D eigenvalue weighted by molar-refractivity contribution is 5.84. The molecule has 0 aromatic heterocycles. The smallest absolute Gasteiger partial charge is 0.326 e. The molecule has 0 bridgehead atoms. The predicted molar refractivity (Wildman–Crippen MR) is 71.1 cm³/mol. The Labute approximate surface area is 111 Å². The summed E-state index contributed by atoms with van der Waals surface area (Å²) in [5, 5.41) is 11.2. The number of carboxylic acids is 1. The molecule has 0 aliphatic rings. The van der Waals surface area contributed by atoms with Crippen LogP contribution in [0.1, 0.15) is 12.0 Å². The van der Waals surface area contributed by atoms with Crippen LogP contribution < -0.4 is 10.1 Å². The second-order valence-electron chi connectivity index (χ2n) is 4.09. The van der Waals surface area contributed by atoms with Gasteiger partial charge in [-0.15, -0.1) is 6.58 Å². The summed E-state index contributed by atoms with van der Waals surface area (Å²) in [5.74, 6) is -0.995. The van der Waals surface area contributed by atoms with Crippen molar-refractivity contribution in [2.45, 2.75) is 19.4 Å². The number of ether oxygens (including phenoxy) is 1. The number of hydrogen-bond acceptors (Lipinski definition) is 3. The van der Waals surface area contributed by atoms with E-state index in [1.54, 1.807) is 12.1 Å². The van der Waals surface area contributed by atoms with Gasteiger partial charge in [0.15, 0.2) is 6.61 Å². The zero-order valence-electron chi connectivity index (χ0n) is 10.8. The maximum atomic E-state index is 11.6. The second-order valence-corrected chi connectivity index (χ2v) is 4.09. The van der Waals surface area contributed by atoms with Crippen molar-refractivity contribution in [1.82, 2.24) is 5.32 Å². The number of nitrogens with one attached hydrogen (secondary N) is 1. The highest BCUT2D eigenvalue weighted by Crippen LogP contribution is 2.11. The number of hydrogen-bond donors (Lipinski definition) is 2. The third kappa shape index (κ3) is 5.25. The van der Waals surface area contributed by atoms with Crippen LogP contribution in [0.3, 0.4) is 0 Å². The van der Waals surface area contributed by atoms with Gasteiger partial charge >= 0.3 is 5.97 Å². The number of amides is 1. The van der Waals surface area contributed by atoms with E-state index in [0.717, 1.165) is 5.56 Å². The van der Waals surface area contributed by atoms with Crippen LogP contribution in [0, 0.1) is 6.92 Å². The minimum Gasteiger partial charge on any atom is -0.484 e. The Morgan fingerprint density at radius 1 is 1.53 bits per heavy atom. The number of carbonyl (C=O) groups is 2. The molecule has 5 heteroatoms. The summed E-state index contributed by atoms with van der Waals surface area (Å²) in [6.07, 6.45) is 1.62. The molecule has 0 saturated heterocycles. The molecule has 1 unspecified atom stereocenters. The predicted octanol–water partition coefficient (Wildman–Crippen LogP) is 1.52. The Kier molecular flexibility index (Phi) is 5.60. The number of aryl methyl sites for hydroxylation is 1. The summed E-state index contributed by atoms with van der Waals surface area (Å²) in [4.78, 5) is 22.4. The van der Waals surface area contributed by atoms with E-state index in [1.807, 2.05) is 19.1 Å². The minimum atomic E-state index is -1.09. The van der Waals surface area contributed by atoms with Crippen LogP contribution in [-0.2, 0) is 9.59 Å². The molecule has 1 rings (SSSR count). The van der Waals surface area contributed by atoms with Crippen LogP contribution in [0.4, 0.5) is 0 Å². The van der Waals surface area contributed by atoms with Gasteiger partial charge < -0.3 is 15.2 Å². The van der Waals surface area contributed by atoms with Crippen LogP contribution in [-0.4, -0.2) is 29.6 Å². The molecule has 2 N–H and O–H groups in total. The lowest BCUT2D eigenvalue weighted by Crippen LogP contribution is -2.42. The quantitative estimate of drug-likeness (QED) is 0.731. The minimum absolute atomic E-state index is 0.172. The average molecular weight is 263 g/mol. The van der Waals surface area contributed by atoms with Crippen LogP contribution in [0.25, 0.3) is 0 Å². The molecule has 102 valence electrons. The topological polar surface area (TPSA) is 75.6 Å². The number of benzene rings is 1. The molecule has 0 saturated carbocycles. The summed E-state index contributed by atoms with van der Waals surface area (Å²) in [5.41, 5.74) is 1.02. The Balaban J connectivity index is 2.46. The highest BCUT2D eigenvalue weighted by Gasteiger charge is 2.18. The number of aliphatic carboxylic acids is 1. The maximum absolute atomic E-state index is 11.6. The van der Waals surface area contributed by atoms with E-state index in [2.05, 4.69) is 11.9 Å². The van der Waals surface area contributed by atoms with E-state index in [1.165, 1.54) is 6.08 Å². The maximum Gasteiger partial charge on any atom is 0.326 e. The number of carboxylic acid groups (broad SMARTS) is 1. The summed E-state index contributed by atoms with van der Waals surface area (Å²) in [6, 6.07) is 6.30. The molecule has 0 spiro atoms. The van der Waals surface area contributed by atoms with Gasteiger partial charge in [0.2, 0.25) is 0 Å². The van der Waals surface area contributed by atoms with E-state index < -0.39 is 17.9 Å². The number of rotatable bonds is 7. The first-order chi connectivity index (χ1) is 9.02. The molecule has 0 heterocycles. The lowest BCUT2D eigenvalue weighted by Gasteiger charge is -2.13. The molecule has 0 radical (unpaired) electrons. The van der Waals surface area contributed by atoms with Crippen LogP contribution in [0.5, 0.6) is 5.75 Å². The van der Waals surface area contributed by atoms with E-state index in [4.69, 9.17) is 9.84 Å². The molecule has 1 atom stereocenters. The first kappa shape index (κ1) is 14.8. The normalized spacial score (nSPS) is 11.4. The van der Waals surface area contributed by atoms with E-state index >= 15 is 0 Å². The zero-order chi connectivity index (χ0) is 14.3. The molecular formula is C14H17NO4. The van der Waals surface area contributed by atoms with Crippen molar-refractivity contribution in [3.63, 3.8) is 0 Å². The Hall–Kier alpha value is -2.30. The van der Waals surface area contributed by atoms with Gasteiger partial charge in [0.05, 0.1) is 0 Å². The molecule has 1 aromatic carbocycles. The monoisotopic (exact) mass is 263 g/mol. The fraction of sp³-hybridized carbons (Fsp3) is 0.286. The molecular weight excluding hydrogens is 246 g/mol. The van der Waals surface area contributed by atoms with Crippen molar-refractivity contribution < 1.29 is 19.4 Å². The van der Waals surface area contributed by atoms with Crippen molar-refractivity contribution in [1.29, 1.82) is 0 Å². The molecule has 0 fully saturated rings. The average Bonchev–Trinajstić information content (AvgIpc) is 2.36. The number of carbonyl (C=O) groups excluding carboxylic acids is 1. The first-order valence-electron chi connectivity index (χ1n) is 5.85. The molecule has 1 amide bonds. The second kappa shape index (κ2) is 7.20. The van der Waals surface area contributed by atoms with Gasteiger partial charge in [0.25, 0.3) is 5.91 Å². The lowest BCUT2D eigenvalue weighted by molar-refractivity contribution is -0.142.